The van der Waals surface area contributed by atoms with E-state index in [0.29, 0.717) is 0 Å². The third-order valence-electron chi connectivity index (χ3n) is 1.15. The average molecular weight is 122 g/mol. The van der Waals surface area contributed by atoms with Gasteiger partial charge in [-0.3, -0.25) is 0 Å². The highest BCUT2D eigenvalue weighted by Crippen LogP contribution is 2.08. The van der Waals surface area contributed by atoms with Gasteiger partial charge < -0.3 is 10.7 Å². The van der Waals surface area contributed by atoms with E-state index in [2.05, 4.69) is 4.98 Å². The maximum absolute atomic E-state index is 5.54. The molecule has 0 amide bonds. The average Bonchev–Trinajstić information content (AvgIpc) is 2.18. The Morgan fingerprint density at radius 2 is 2.44 bits per heavy atom. The van der Waals surface area contributed by atoms with E-state index in [1.54, 1.807) is 0 Å². The Morgan fingerprint density at radius 3 is 2.89 bits per heavy atom. The van der Waals surface area contributed by atoms with Crippen LogP contribution in [0.5, 0.6) is 0 Å². The molecule has 0 bridgehead atoms. The Kier molecular flexibility index (Phi) is 1.58. The first-order chi connectivity index (χ1) is 4.34. The zero-order valence-electron chi connectivity index (χ0n) is 5.39. The fourth-order valence-electron chi connectivity index (χ4n) is 0.705. The Morgan fingerprint density at radius 1 is 1.67 bits per heavy atom. The largest absolute Gasteiger partial charge is 0.397 e. The second-order valence-corrected chi connectivity index (χ2v) is 1.85. The minimum absolute atomic E-state index is 0.799. The highest BCUT2D eigenvalue weighted by molar-refractivity contribution is 5.60. The molecule has 3 N–H and O–H groups in total. The molecule has 0 saturated heterocycles. The molecule has 9 heavy (non-hydrogen) atoms. The van der Waals surface area contributed by atoms with Crippen LogP contribution < -0.4 is 5.73 Å². The Hall–Kier alpha value is -1.18. The van der Waals surface area contributed by atoms with Crippen LogP contribution in [0, 0.1) is 0 Å². The summed E-state index contributed by atoms with van der Waals surface area (Å²) in [5, 5.41) is 0. The highest BCUT2D eigenvalue weighted by atomic mass is 14.7. The number of H-pyrrole nitrogens is 1. The van der Waals surface area contributed by atoms with Crippen molar-refractivity contribution in [1.29, 1.82) is 0 Å². The van der Waals surface area contributed by atoms with Crippen molar-refractivity contribution in [2.24, 2.45) is 0 Å². The summed E-state index contributed by atoms with van der Waals surface area (Å²) in [6.45, 7) is 1.96. The molecule has 0 fully saturated rings. The minimum Gasteiger partial charge on any atom is -0.397 e. The van der Waals surface area contributed by atoms with Gasteiger partial charge in [-0.2, -0.15) is 0 Å². The van der Waals surface area contributed by atoms with Gasteiger partial charge >= 0.3 is 0 Å². The zero-order chi connectivity index (χ0) is 6.69. The van der Waals surface area contributed by atoms with E-state index in [-0.39, 0.29) is 0 Å². The first-order valence-corrected chi connectivity index (χ1v) is 2.90. The van der Waals surface area contributed by atoms with E-state index >= 15 is 0 Å². The topological polar surface area (TPSA) is 41.8 Å². The van der Waals surface area contributed by atoms with Crippen LogP contribution in [0.4, 0.5) is 5.69 Å². The fraction of sp³-hybridized carbons (Fsp3) is 0.143. The van der Waals surface area contributed by atoms with Gasteiger partial charge in [0.15, 0.2) is 0 Å². The Balaban J connectivity index is 2.94. The molecule has 0 aliphatic heterocycles. The molecule has 2 heteroatoms. The Bertz CT molecular complexity index is 210. The van der Waals surface area contributed by atoms with Crippen molar-refractivity contribution < 1.29 is 0 Å². The van der Waals surface area contributed by atoms with Gasteiger partial charge in [0.2, 0.25) is 0 Å². The molecular weight excluding hydrogens is 112 g/mol. The van der Waals surface area contributed by atoms with E-state index in [4.69, 9.17) is 5.73 Å². The monoisotopic (exact) mass is 122 g/mol. The first-order valence-electron chi connectivity index (χ1n) is 2.90. The molecule has 2 nitrogen and oxygen atoms in total. The van der Waals surface area contributed by atoms with E-state index in [1.807, 2.05) is 31.3 Å². The summed E-state index contributed by atoms with van der Waals surface area (Å²) < 4.78 is 0. The molecule has 0 saturated carbocycles. The number of rotatable bonds is 1. The summed E-state index contributed by atoms with van der Waals surface area (Å²) in [5.41, 5.74) is 7.33. The van der Waals surface area contributed by atoms with Gasteiger partial charge in [-0.05, 0) is 19.1 Å². The lowest BCUT2D eigenvalue weighted by Crippen LogP contribution is -1.83. The number of aromatic nitrogens is 1. The predicted octanol–water partition coefficient (Wildman–Crippen LogP) is 1.63. The molecule has 1 heterocycles. The van der Waals surface area contributed by atoms with Crippen molar-refractivity contribution in [2.75, 3.05) is 5.73 Å². The van der Waals surface area contributed by atoms with E-state index in [1.165, 1.54) is 0 Å². The maximum atomic E-state index is 5.54. The van der Waals surface area contributed by atoms with Crippen molar-refractivity contribution in [3.05, 3.63) is 24.0 Å². The number of nitrogen functional groups attached to an aromatic ring is 1. The number of allylic oxidation sites excluding steroid dienone is 1. The van der Waals surface area contributed by atoms with Crippen molar-refractivity contribution in [3.63, 3.8) is 0 Å². The molecule has 48 valence electrons. The van der Waals surface area contributed by atoms with Gasteiger partial charge in [0.05, 0.1) is 11.4 Å². The van der Waals surface area contributed by atoms with Crippen LogP contribution >= 0.6 is 0 Å². The lowest BCUT2D eigenvalue weighted by Gasteiger charge is -1.86. The lowest BCUT2D eigenvalue weighted by molar-refractivity contribution is 1.37. The second kappa shape index (κ2) is 2.40. The molecule has 0 spiro atoms. The number of anilines is 1. The van der Waals surface area contributed by atoms with E-state index in [9.17, 15) is 0 Å². The molecular formula is C7H10N2. The number of nitrogens with two attached hydrogens (primary N) is 1. The SMILES string of the molecule is C/C=C\c1[nH]ccc1N. The number of hydrogen-bond donors (Lipinski definition) is 2. The van der Waals surface area contributed by atoms with Crippen molar-refractivity contribution >= 4 is 11.8 Å². The third kappa shape index (κ3) is 1.13. The molecule has 0 unspecified atom stereocenters. The summed E-state index contributed by atoms with van der Waals surface area (Å²) in [7, 11) is 0. The fourth-order valence-corrected chi connectivity index (χ4v) is 0.705. The lowest BCUT2D eigenvalue weighted by atomic mass is 10.3. The predicted molar refractivity (Wildman–Crippen MR) is 39.9 cm³/mol. The van der Waals surface area contributed by atoms with Crippen LogP contribution in [-0.2, 0) is 0 Å². The number of aromatic amines is 1. The van der Waals surface area contributed by atoms with Crippen LogP contribution in [0.2, 0.25) is 0 Å². The van der Waals surface area contributed by atoms with Gasteiger partial charge in [-0.15, -0.1) is 0 Å². The minimum atomic E-state index is 0.799. The van der Waals surface area contributed by atoms with Crippen LogP contribution in [0.1, 0.15) is 12.6 Å². The van der Waals surface area contributed by atoms with Gasteiger partial charge in [0, 0.05) is 6.20 Å². The quantitative estimate of drug-likeness (QED) is 0.584. The van der Waals surface area contributed by atoms with Crippen LogP contribution in [0.3, 0.4) is 0 Å². The highest BCUT2D eigenvalue weighted by Gasteiger charge is 1.90. The maximum Gasteiger partial charge on any atom is 0.0610 e. The molecule has 0 aliphatic carbocycles. The first kappa shape index (κ1) is 5.95. The van der Waals surface area contributed by atoms with Crippen LogP contribution in [-0.4, -0.2) is 4.98 Å². The summed E-state index contributed by atoms with van der Waals surface area (Å²) in [6.07, 6.45) is 5.71. The smallest absolute Gasteiger partial charge is 0.0610 e. The summed E-state index contributed by atoms with van der Waals surface area (Å²) >= 11 is 0. The number of nitrogens with one attached hydrogen (secondary N) is 1. The second-order valence-electron chi connectivity index (χ2n) is 1.85. The molecule has 0 radical (unpaired) electrons. The standard InChI is InChI=1S/C7H10N2/c1-2-3-7-6(8)4-5-9-7/h2-5,9H,8H2,1H3/b3-2-. The Labute approximate surface area is 54.4 Å². The molecule has 1 aromatic rings. The normalized spacial score (nSPS) is 10.8. The molecule has 1 rings (SSSR count). The van der Waals surface area contributed by atoms with E-state index in [0.717, 1.165) is 11.4 Å². The van der Waals surface area contributed by atoms with Gasteiger partial charge in [-0.1, -0.05) is 6.08 Å². The van der Waals surface area contributed by atoms with Gasteiger partial charge in [0.1, 0.15) is 0 Å². The van der Waals surface area contributed by atoms with Gasteiger partial charge in [0.25, 0.3) is 0 Å². The zero-order valence-corrected chi connectivity index (χ0v) is 5.39. The third-order valence-corrected chi connectivity index (χ3v) is 1.15. The van der Waals surface area contributed by atoms with E-state index < -0.39 is 0 Å². The van der Waals surface area contributed by atoms with Crippen molar-refractivity contribution in [3.8, 4) is 0 Å². The molecule has 0 atom stereocenters. The summed E-state index contributed by atoms with van der Waals surface area (Å²) in [4.78, 5) is 2.99. The van der Waals surface area contributed by atoms with Crippen LogP contribution in [0.15, 0.2) is 18.3 Å². The van der Waals surface area contributed by atoms with Crippen molar-refractivity contribution in [2.45, 2.75) is 6.92 Å². The molecule has 1 aromatic heterocycles. The molecule has 0 aliphatic rings. The molecule has 0 aromatic carbocycles. The van der Waals surface area contributed by atoms with Crippen molar-refractivity contribution in [1.82, 2.24) is 4.98 Å². The van der Waals surface area contributed by atoms with Gasteiger partial charge in [-0.25, -0.2) is 0 Å². The number of hydrogen-bond acceptors (Lipinski definition) is 1. The summed E-state index contributed by atoms with van der Waals surface area (Å²) in [6, 6.07) is 1.84. The summed E-state index contributed by atoms with van der Waals surface area (Å²) in [5.74, 6) is 0. The van der Waals surface area contributed by atoms with Crippen LogP contribution in [0.25, 0.3) is 6.08 Å².